The van der Waals surface area contributed by atoms with Gasteiger partial charge in [0.2, 0.25) is 0 Å². The number of benzene rings is 1. The molecule has 2 aliphatic rings. The minimum atomic E-state index is -0.683. The van der Waals surface area contributed by atoms with Gasteiger partial charge in [-0.3, -0.25) is 0 Å². The summed E-state index contributed by atoms with van der Waals surface area (Å²) in [5.41, 5.74) is 6.33. The number of nitrogens with two attached hydrogens (primary N) is 1. The monoisotopic (exact) mass is 345 g/mol. The van der Waals surface area contributed by atoms with E-state index in [1.165, 1.54) is 0 Å². The number of aliphatic hydroxyl groups excluding tert-OH is 1. The SMILES string of the molecule is NCC1(C(O)c2cc(Br)ccc2Cl)CC2CCC1O2. The van der Waals surface area contributed by atoms with E-state index in [4.69, 9.17) is 22.1 Å². The van der Waals surface area contributed by atoms with Crippen molar-refractivity contribution in [3.05, 3.63) is 33.3 Å². The van der Waals surface area contributed by atoms with Crippen LogP contribution in [0.1, 0.15) is 30.9 Å². The van der Waals surface area contributed by atoms with Crippen LogP contribution in [-0.2, 0) is 4.74 Å². The molecule has 0 saturated carbocycles. The fraction of sp³-hybridized carbons (Fsp3) is 0.571. The Bertz CT molecular complexity index is 498. The van der Waals surface area contributed by atoms with Crippen LogP contribution in [0.5, 0.6) is 0 Å². The highest BCUT2D eigenvalue weighted by Gasteiger charge is 2.56. The van der Waals surface area contributed by atoms with Crippen molar-refractivity contribution in [2.24, 2.45) is 11.1 Å². The van der Waals surface area contributed by atoms with Gasteiger partial charge in [0.15, 0.2) is 0 Å². The zero-order chi connectivity index (χ0) is 13.6. The molecule has 0 radical (unpaired) electrons. The van der Waals surface area contributed by atoms with Gasteiger partial charge >= 0.3 is 0 Å². The molecular formula is C14H17BrClNO2. The summed E-state index contributed by atoms with van der Waals surface area (Å²) < 4.78 is 6.80. The smallest absolute Gasteiger partial charge is 0.0898 e. The number of hydrogen-bond donors (Lipinski definition) is 2. The summed E-state index contributed by atoms with van der Waals surface area (Å²) >= 11 is 9.65. The molecule has 2 saturated heterocycles. The van der Waals surface area contributed by atoms with Crippen LogP contribution in [0.4, 0.5) is 0 Å². The first-order chi connectivity index (χ1) is 9.06. The van der Waals surface area contributed by atoms with Crippen LogP contribution in [0.2, 0.25) is 5.02 Å². The first-order valence-corrected chi connectivity index (χ1v) is 7.72. The lowest BCUT2D eigenvalue weighted by atomic mass is 9.68. The lowest BCUT2D eigenvalue weighted by Crippen LogP contribution is -2.44. The maximum Gasteiger partial charge on any atom is 0.0898 e. The molecule has 104 valence electrons. The largest absolute Gasteiger partial charge is 0.388 e. The third kappa shape index (κ3) is 2.14. The Balaban J connectivity index is 1.98. The fourth-order valence-corrected chi connectivity index (χ4v) is 4.08. The van der Waals surface area contributed by atoms with Crippen LogP contribution in [-0.4, -0.2) is 23.9 Å². The Morgan fingerprint density at radius 3 is 2.89 bits per heavy atom. The first kappa shape index (κ1) is 13.8. The van der Waals surface area contributed by atoms with Crippen molar-refractivity contribution in [3.63, 3.8) is 0 Å². The summed E-state index contributed by atoms with van der Waals surface area (Å²) in [4.78, 5) is 0. The maximum absolute atomic E-state index is 10.8. The molecule has 5 heteroatoms. The fourth-order valence-electron chi connectivity index (χ4n) is 3.48. The van der Waals surface area contributed by atoms with Gasteiger partial charge in [-0.05, 0) is 37.5 Å². The number of halogens is 2. The third-order valence-electron chi connectivity index (χ3n) is 4.53. The van der Waals surface area contributed by atoms with E-state index in [1.807, 2.05) is 12.1 Å². The van der Waals surface area contributed by atoms with Crippen LogP contribution >= 0.6 is 27.5 Å². The van der Waals surface area contributed by atoms with E-state index < -0.39 is 11.5 Å². The highest BCUT2D eigenvalue weighted by Crippen LogP contribution is 2.54. The molecule has 4 unspecified atom stereocenters. The van der Waals surface area contributed by atoms with Gasteiger partial charge in [-0.2, -0.15) is 0 Å². The number of fused-ring (bicyclic) bond motifs is 2. The van der Waals surface area contributed by atoms with Crippen molar-refractivity contribution < 1.29 is 9.84 Å². The molecule has 0 amide bonds. The number of rotatable bonds is 3. The van der Waals surface area contributed by atoms with Crippen molar-refractivity contribution in [1.82, 2.24) is 0 Å². The zero-order valence-corrected chi connectivity index (χ0v) is 12.8. The van der Waals surface area contributed by atoms with Crippen molar-refractivity contribution in [3.8, 4) is 0 Å². The molecule has 0 spiro atoms. The molecular weight excluding hydrogens is 330 g/mol. The minimum Gasteiger partial charge on any atom is -0.388 e. The van der Waals surface area contributed by atoms with Gasteiger partial charge in [-0.25, -0.2) is 0 Å². The van der Waals surface area contributed by atoms with Crippen molar-refractivity contribution in [2.45, 2.75) is 37.6 Å². The highest BCUT2D eigenvalue weighted by atomic mass is 79.9. The third-order valence-corrected chi connectivity index (χ3v) is 5.37. The highest BCUT2D eigenvalue weighted by molar-refractivity contribution is 9.10. The van der Waals surface area contributed by atoms with Gasteiger partial charge in [-0.1, -0.05) is 27.5 Å². The predicted octanol–water partition coefficient (Wildman–Crippen LogP) is 3.03. The average molecular weight is 347 g/mol. The topological polar surface area (TPSA) is 55.5 Å². The van der Waals surface area contributed by atoms with Gasteiger partial charge < -0.3 is 15.6 Å². The molecule has 1 aromatic rings. The summed E-state index contributed by atoms with van der Waals surface area (Å²) in [6.07, 6.45) is 2.48. The van der Waals surface area contributed by atoms with E-state index >= 15 is 0 Å². The molecule has 4 atom stereocenters. The van der Waals surface area contributed by atoms with E-state index in [2.05, 4.69) is 15.9 Å². The molecule has 0 aliphatic carbocycles. The number of hydrogen-bond acceptors (Lipinski definition) is 3. The summed E-state index contributed by atoms with van der Waals surface area (Å²) in [6, 6.07) is 5.53. The average Bonchev–Trinajstić information content (AvgIpc) is 3.01. The second-order valence-corrected chi connectivity index (χ2v) is 6.86. The second-order valence-electron chi connectivity index (χ2n) is 5.53. The van der Waals surface area contributed by atoms with E-state index in [1.54, 1.807) is 6.07 Å². The number of ether oxygens (including phenoxy) is 1. The molecule has 2 aliphatic heterocycles. The molecule has 1 aromatic carbocycles. The lowest BCUT2D eigenvalue weighted by Gasteiger charge is -2.39. The standard InChI is InChI=1S/C14H17BrClNO2/c15-8-1-3-11(16)10(5-8)13(18)14(7-17)6-9-2-4-12(14)19-9/h1,3,5,9,12-13,18H,2,4,6-7,17H2. The zero-order valence-electron chi connectivity index (χ0n) is 10.5. The van der Waals surface area contributed by atoms with Gasteiger partial charge in [-0.15, -0.1) is 0 Å². The van der Waals surface area contributed by atoms with Gasteiger partial charge in [0.05, 0.1) is 18.3 Å². The summed E-state index contributed by atoms with van der Waals surface area (Å²) in [6.45, 7) is 0.415. The van der Waals surface area contributed by atoms with Gasteiger partial charge in [0.1, 0.15) is 0 Å². The van der Waals surface area contributed by atoms with Crippen molar-refractivity contribution in [1.29, 1.82) is 0 Å². The minimum absolute atomic E-state index is 0.0487. The van der Waals surface area contributed by atoms with Gasteiger partial charge in [0, 0.05) is 27.0 Å². The van der Waals surface area contributed by atoms with E-state index in [9.17, 15) is 5.11 Å². The Morgan fingerprint density at radius 2 is 2.32 bits per heavy atom. The molecule has 2 heterocycles. The van der Waals surface area contributed by atoms with E-state index in [-0.39, 0.29) is 12.2 Å². The van der Waals surface area contributed by atoms with Crippen LogP contribution in [0, 0.1) is 5.41 Å². The molecule has 2 fully saturated rings. The summed E-state index contributed by atoms with van der Waals surface area (Å²) in [5, 5.41) is 11.4. The summed E-state index contributed by atoms with van der Waals surface area (Å²) in [7, 11) is 0. The summed E-state index contributed by atoms with van der Waals surface area (Å²) in [5.74, 6) is 0. The molecule has 3 rings (SSSR count). The second kappa shape index (κ2) is 5.01. The van der Waals surface area contributed by atoms with Crippen molar-refractivity contribution in [2.75, 3.05) is 6.54 Å². The number of aliphatic hydroxyl groups is 1. The normalized spacial score (nSPS) is 34.7. The van der Waals surface area contributed by atoms with Crippen LogP contribution in [0.15, 0.2) is 22.7 Å². The van der Waals surface area contributed by atoms with Crippen LogP contribution in [0.25, 0.3) is 0 Å². The van der Waals surface area contributed by atoms with Crippen LogP contribution in [0.3, 0.4) is 0 Å². The Kier molecular flexibility index (Phi) is 3.65. The Hall–Kier alpha value is -0.130. The quantitative estimate of drug-likeness (QED) is 0.884. The molecule has 2 bridgehead atoms. The van der Waals surface area contributed by atoms with Crippen LogP contribution < -0.4 is 5.73 Å². The van der Waals surface area contributed by atoms with Gasteiger partial charge in [0.25, 0.3) is 0 Å². The lowest BCUT2D eigenvalue weighted by molar-refractivity contribution is -0.0263. The molecule has 19 heavy (non-hydrogen) atoms. The van der Waals surface area contributed by atoms with Crippen molar-refractivity contribution >= 4 is 27.5 Å². The van der Waals surface area contributed by atoms with E-state index in [0.717, 1.165) is 29.3 Å². The Labute approximate surface area is 126 Å². The molecule has 3 nitrogen and oxygen atoms in total. The maximum atomic E-state index is 10.8. The first-order valence-electron chi connectivity index (χ1n) is 6.55. The molecule has 0 aromatic heterocycles. The Morgan fingerprint density at radius 1 is 1.53 bits per heavy atom. The molecule has 3 N–H and O–H groups in total. The predicted molar refractivity (Wildman–Crippen MR) is 78.1 cm³/mol. The van der Waals surface area contributed by atoms with E-state index in [0.29, 0.717) is 11.6 Å².